The van der Waals surface area contributed by atoms with Crippen LogP contribution in [-0.4, -0.2) is 74.6 Å². The van der Waals surface area contributed by atoms with Gasteiger partial charge in [0.1, 0.15) is 43.0 Å². The molecule has 4 heterocycles. The largest absolute Gasteiger partial charge is 0.491 e. The molecule has 2 aliphatic heterocycles. The Balaban J connectivity index is 0.937. The zero-order valence-electron chi connectivity index (χ0n) is 28.0. The van der Waals surface area contributed by atoms with Crippen LogP contribution in [0.25, 0.3) is 5.69 Å². The molecule has 5 aromatic rings. The molecule has 2 aromatic heterocycles. The fourth-order valence-corrected chi connectivity index (χ4v) is 7.28. The normalized spacial score (nSPS) is 19.8. The van der Waals surface area contributed by atoms with E-state index in [1.807, 2.05) is 50.2 Å². The van der Waals surface area contributed by atoms with Crippen molar-refractivity contribution in [3.8, 4) is 11.4 Å². The molecule has 0 amide bonds. The maximum atomic E-state index is 15.0. The van der Waals surface area contributed by atoms with Gasteiger partial charge in [-0.05, 0) is 106 Å². The minimum Gasteiger partial charge on any atom is -0.491 e. The summed E-state index contributed by atoms with van der Waals surface area (Å²) < 4.78 is 52.5. The van der Waals surface area contributed by atoms with Crippen LogP contribution in [0.5, 0.6) is 5.75 Å². The van der Waals surface area contributed by atoms with E-state index in [0.717, 1.165) is 61.8 Å². The molecule has 12 nitrogen and oxygen atoms in total. The van der Waals surface area contributed by atoms with Gasteiger partial charge in [-0.25, -0.2) is 27.5 Å². The summed E-state index contributed by atoms with van der Waals surface area (Å²) >= 11 is 6.58. The number of rotatable bonds is 11. The fraction of sp³-hybridized carbons (Fsp3) is 0.371. The van der Waals surface area contributed by atoms with Gasteiger partial charge in [0.05, 0.1) is 18.3 Å². The summed E-state index contributed by atoms with van der Waals surface area (Å²) in [5, 5.41) is 8.55. The molecule has 0 radical (unpaired) electrons. The number of aromatic nitrogens is 6. The average Bonchev–Trinajstić information content (AvgIpc) is 3.83. The molecule has 0 aliphatic carbocycles. The Bertz CT molecular complexity index is 2030. The van der Waals surface area contributed by atoms with Gasteiger partial charge in [-0.15, -0.1) is 5.10 Å². The van der Waals surface area contributed by atoms with E-state index in [1.165, 1.54) is 15.4 Å². The molecule has 2 saturated heterocycles. The van der Waals surface area contributed by atoms with Crippen LogP contribution in [0.2, 0.25) is 0 Å². The van der Waals surface area contributed by atoms with Gasteiger partial charge in [0.25, 0.3) is 0 Å². The van der Waals surface area contributed by atoms with Gasteiger partial charge in [0, 0.05) is 49.2 Å². The van der Waals surface area contributed by atoms with E-state index in [4.69, 9.17) is 14.2 Å². The van der Waals surface area contributed by atoms with Crippen molar-refractivity contribution < 1.29 is 23.0 Å². The molecule has 0 saturated carbocycles. The number of piperazine rings is 1. The van der Waals surface area contributed by atoms with Crippen molar-refractivity contribution in [2.24, 2.45) is 0 Å². The summed E-state index contributed by atoms with van der Waals surface area (Å²) in [6.07, 6.45) is 1.88. The summed E-state index contributed by atoms with van der Waals surface area (Å²) in [6.45, 7) is 7.64. The first-order chi connectivity index (χ1) is 24.6. The van der Waals surface area contributed by atoms with Crippen molar-refractivity contribution in [1.82, 2.24) is 29.1 Å². The Morgan fingerprint density at radius 1 is 0.961 bits per heavy atom. The van der Waals surface area contributed by atoms with Crippen molar-refractivity contribution in [3.05, 3.63) is 110 Å². The number of hydrogen-bond donors (Lipinski definition) is 0. The zero-order valence-corrected chi connectivity index (χ0v) is 31.1. The molecule has 3 unspecified atom stereocenters. The second kappa shape index (κ2) is 14.9. The molecule has 3 atom stereocenters. The predicted octanol–water partition coefficient (Wildman–Crippen LogP) is 6.07. The maximum Gasteiger partial charge on any atom is 0.350 e. The molecule has 0 bridgehead atoms. The highest BCUT2D eigenvalue weighted by Crippen LogP contribution is 2.38. The Kier molecular flexibility index (Phi) is 10.3. The Morgan fingerprint density at radius 2 is 1.61 bits per heavy atom. The van der Waals surface area contributed by atoms with E-state index in [0.29, 0.717) is 15.2 Å². The first-order valence-corrected chi connectivity index (χ1v) is 18.2. The van der Waals surface area contributed by atoms with Crippen LogP contribution >= 0.6 is 31.9 Å². The number of halogens is 4. The summed E-state index contributed by atoms with van der Waals surface area (Å²) in [4.78, 5) is 21.6. The SMILES string of the molecule is CCC(C)n1ncn(-c2ccc(N3CCN(c4ccc(OCC5COC(Cn6nc(Br)nc6Br)(c6ccc(F)cc6F)O5)cc4)CC3)cc2)c1=O. The molecule has 3 aromatic carbocycles. The number of benzene rings is 3. The summed E-state index contributed by atoms with van der Waals surface area (Å²) in [5.74, 6) is -2.41. The van der Waals surface area contributed by atoms with E-state index in [2.05, 4.69) is 69.0 Å². The molecule has 51 heavy (non-hydrogen) atoms. The van der Waals surface area contributed by atoms with Crippen LogP contribution in [0.15, 0.2) is 87.3 Å². The highest BCUT2D eigenvalue weighted by molar-refractivity contribution is 9.11. The molecule has 0 N–H and O–H groups in total. The number of nitrogens with zero attached hydrogens (tertiary/aromatic N) is 8. The lowest BCUT2D eigenvalue weighted by Crippen LogP contribution is -2.46. The van der Waals surface area contributed by atoms with E-state index >= 15 is 4.39 Å². The van der Waals surface area contributed by atoms with Crippen LogP contribution < -0.4 is 20.2 Å². The minimum absolute atomic E-state index is 0.0369. The molecule has 7 rings (SSSR count). The Labute approximate surface area is 309 Å². The predicted molar refractivity (Wildman–Crippen MR) is 193 cm³/mol. The highest BCUT2D eigenvalue weighted by atomic mass is 79.9. The van der Waals surface area contributed by atoms with E-state index in [1.54, 1.807) is 10.9 Å². The number of ether oxygens (including phenoxy) is 3. The standard InChI is InChI=1S/C35H36Br2F2N8O4/c1-3-23(2)47-34(48)45(22-40-47)27-7-5-25(6-8-27)43-14-16-44(17-15-43)26-9-11-28(12-10-26)49-19-29-20-50-35(51-29,21-46-33(37)41-32(36)42-46)30-13-4-24(38)18-31(30)39/h4-13,18,22-23,29H,3,14-17,19-21H2,1-2H3. The zero-order chi connectivity index (χ0) is 35.7. The third kappa shape index (κ3) is 7.45. The third-order valence-corrected chi connectivity index (χ3v) is 10.2. The summed E-state index contributed by atoms with van der Waals surface area (Å²) in [6, 6.07) is 19.2. The van der Waals surface area contributed by atoms with Crippen LogP contribution in [0.1, 0.15) is 31.9 Å². The summed E-state index contributed by atoms with van der Waals surface area (Å²) in [5.41, 5.74) is 2.90. The van der Waals surface area contributed by atoms with Gasteiger partial charge >= 0.3 is 5.69 Å². The Morgan fingerprint density at radius 3 is 2.22 bits per heavy atom. The third-order valence-electron chi connectivity index (χ3n) is 9.27. The monoisotopic (exact) mass is 828 g/mol. The molecule has 268 valence electrons. The lowest BCUT2D eigenvalue weighted by atomic mass is 10.0. The molecule has 0 spiro atoms. The molecule has 2 fully saturated rings. The first-order valence-electron chi connectivity index (χ1n) is 16.6. The fourth-order valence-electron chi connectivity index (χ4n) is 6.31. The van der Waals surface area contributed by atoms with Crippen molar-refractivity contribution in [2.45, 2.75) is 44.7 Å². The maximum absolute atomic E-state index is 15.0. The van der Waals surface area contributed by atoms with E-state index in [9.17, 15) is 9.18 Å². The van der Waals surface area contributed by atoms with Crippen molar-refractivity contribution in [1.29, 1.82) is 0 Å². The minimum atomic E-state index is -1.58. The van der Waals surface area contributed by atoms with Crippen LogP contribution in [-0.2, 0) is 21.8 Å². The van der Waals surface area contributed by atoms with Crippen LogP contribution in [0.4, 0.5) is 20.2 Å². The van der Waals surface area contributed by atoms with Crippen molar-refractivity contribution >= 4 is 43.2 Å². The van der Waals surface area contributed by atoms with Crippen LogP contribution in [0.3, 0.4) is 0 Å². The highest BCUT2D eigenvalue weighted by Gasteiger charge is 2.46. The molecule has 16 heteroatoms. The van der Waals surface area contributed by atoms with Gasteiger partial charge in [0.2, 0.25) is 10.5 Å². The van der Waals surface area contributed by atoms with E-state index in [-0.39, 0.29) is 37.1 Å². The number of anilines is 2. The second-order valence-corrected chi connectivity index (χ2v) is 13.9. The van der Waals surface area contributed by atoms with E-state index < -0.39 is 23.5 Å². The molecular weight excluding hydrogens is 794 g/mol. The van der Waals surface area contributed by atoms with Gasteiger partial charge in [0.15, 0.2) is 4.73 Å². The van der Waals surface area contributed by atoms with Crippen molar-refractivity contribution in [3.63, 3.8) is 0 Å². The average molecular weight is 831 g/mol. The van der Waals surface area contributed by atoms with Crippen molar-refractivity contribution in [2.75, 3.05) is 49.2 Å². The first kappa shape index (κ1) is 35.3. The quantitative estimate of drug-likeness (QED) is 0.157. The lowest BCUT2D eigenvalue weighted by Gasteiger charge is -2.37. The summed E-state index contributed by atoms with van der Waals surface area (Å²) in [7, 11) is 0. The topological polar surface area (TPSA) is 105 Å². The lowest BCUT2D eigenvalue weighted by molar-refractivity contribution is -0.193. The molecule has 2 aliphatic rings. The van der Waals surface area contributed by atoms with Gasteiger partial charge in [-0.1, -0.05) is 6.92 Å². The second-order valence-electron chi connectivity index (χ2n) is 12.5. The molecular formula is C35H36Br2F2N8O4. The van der Waals surface area contributed by atoms with Gasteiger partial charge in [-0.3, -0.25) is 0 Å². The smallest absolute Gasteiger partial charge is 0.350 e. The Hall–Kier alpha value is -4.12. The number of hydrogen-bond acceptors (Lipinski definition) is 9. The van der Waals surface area contributed by atoms with Crippen LogP contribution in [0, 0.1) is 11.6 Å². The van der Waals surface area contributed by atoms with Gasteiger partial charge < -0.3 is 24.0 Å². The van der Waals surface area contributed by atoms with Gasteiger partial charge in [-0.2, -0.15) is 10.1 Å².